The second-order valence-corrected chi connectivity index (χ2v) is 4.07. The van der Waals surface area contributed by atoms with Gasteiger partial charge in [0.1, 0.15) is 17.3 Å². The van der Waals surface area contributed by atoms with Crippen molar-refractivity contribution in [2.75, 3.05) is 6.54 Å². The van der Waals surface area contributed by atoms with Crippen LogP contribution in [0.1, 0.15) is 12.2 Å². The quantitative estimate of drug-likeness (QED) is 0.805. The van der Waals surface area contributed by atoms with Gasteiger partial charge in [-0.25, -0.2) is 4.39 Å². The molecule has 0 saturated carbocycles. The fourth-order valence-electron chi connectivity index (χ4n) is 1.69. The van der Waals surface area contributed by atoms with Crippen LogP contribution in [0.15, 0.2) is 40.8 Å². The Morgan fingerprint density at radius 3 is 2.70 bits per heavy atom. The van der Waals surface area contributed by atoms with Crippen LogP contribution >= 0.6 is 12.4 Å². The summed E-state index contributed by atoms with van der Waals surface area (Å²) >= 11 is 0. The lowest BCUT2D eigenvalue weighted by Crippen LogP contribution is -2.17. The van der Waals surface area contributed by atoms with E-state index < -0.39 is 5.97 Å². The van der Waals surface area contributed by atoms with E-state index in [0.29, 0.717) is 30.2 Å². The van der Waals surface area contributed by atoms with Crippen molar-refractivity contribution in [3.8, 4) is 11.3 Å². The van der Waals surface area contributed by atoms with E-state index >= 15 is 0 Å². The lowest BCUT2D eigenvalue weighted by atomic mass is 10.1. The third kappa shape index (κ3) is 4.36. The van der Waals surface area contributed by atoms with E-state index in [9.17, 15) is 9.18 Å². The fraction of sp³-hybridized carbons (Fsp3) is 0.214. The van der Waals surface area contributed by atoms with Crippen LogP contribution in [0.4, 0.5) is 4.39 Å². The molecule has 2 N–H and O–H groups in total. The van der Waals surface area contributed by atoms with Gasteiger partial charge in [-0.1, -0.05) is 12.1 Å². The first-order chi connectivity index (χ1) is 9.16. The average molecular weight is 300 g/mol. The minimum atomic E-state index is -0.848. The molecule has 20 heavy (non-hydrogen) atoms. The molecule has 0 aliphatic rings. The first-order valence-electron chi connectivity index (χ1n) is 5.93. The predicted molar refractivity (Wildman–Crippen MR) is 75.3 cm³/mol. The Hall–Kier alpha value is -1.85. The number of rotatable bonds is 6. The highest BCUT2D eigenvalue weighted by Crippen LogP contribution is 2.24. The van der Waals surface area contributed by atoms with Gasteiger partial charge in [-0.3, -0.25) is 4.79 Å². The molecule has 0 bridgehead atoms. The number of carboxylic acids is 1. The molecule has 0 radical (unpaired) electrons. The summed E-state index contributed by atoms with van der Waals surface area (Å²) in [4.78, 5) is 10.3. The number of carbonyl (C=O) groups is 1. The number of carboxylic acid groups (broad SMARTS) is 1. The number of furan rings is 1. The summed E-state index contributed by atoms with van der Waals surface area (Å²) in [7, 11) is 0. The van der Waals surface area contributed by atoms with Crippen molar-refractivity contribution >= 4 is 18.4 Å². The maximum atomic E-state index is 13.5. The van der Waals surface area contributed by atoms with Crippen molar-refractivity contribution in [1.82, 2.24) is 5.32 Å². The summed E-state index contributed by atoms with van der Waals surface area (Å²) in [6.45, 7) is 0.785. The summed E-state index contributed by atoms with van der Waals surface area (Å²) in [5.74, 6) is -0.0713. The molecule has 1 aromatic heterocycles. The summed E-state index contributed by atoms with van der Waals surface area (Å²) in [5, 5.41) is 11.4. The van der Waals surface area contributed by atoms with Crippen LogP contribution in [-0.2, 0) is 11.3 Å². The molecule has 0 spiro atoms. The highest BCUT2D eigenvalue weighted by molar-refractivity contribution is 5.85. The van der Waals surface area contributed by atoms with E-state index in [-0.39, 0.29) is 24.6 Å². The minimum Gasteiger partial charge on any atom is -0.481 e. The SMILES string of the molecule is Cl.O=C(O)CCNCc1ccc(-c2ccccc2F)o1. The smallest absolute Gasteiger partial charge is 0.304 e. The number of benzene rings is 1. The zero-order chi connectivity index (χ0) is 13.7. The van der Waals surface area contributed by atoms with Gasteiger partial charge in [0.2, 0.25) is 0 Å². The molecule has 108 valence electrons. The molecule has 1 aromatic carbocycles. The van der Waals surface area contributed by atoms with Gasteiger partial charge in [-0.15, -0.1) is 12.4 Å². The molecule has 0 saturated heterocycles. The summed E-state index contributed by atoms with van der Waals surface area (Å²) < 4.78 is 19.0. The second-order valence-electron chi connectivity index (χ2n) is 4.07. The molecule has 0 fully saturated rings. The molecular weight excluding hydrogens is 285 g/mol. The largest absolute Gasteiger partial charge is 0.481 e. The van der Waals surface area contributed by atoms with Gasteiger partial charge in [-0.2, -0.15) is 0 Å². The van der Waals surface area contributed by atoms with Crippen LogP contribution in [0.25, 0.3) is 11.3 Å². The van der Waals surface area contributed by atoms with E-state index in [2.05, 4.69) is 5.32 Å². The van der Waals surface area contributed by atoms with Crippen LogP contribution < -0.4 is 5.32 Å². The lowest BCUT2D eigenvalue weighted by molar-refractivity contribution is -0.136. The number of hydrogen-bond donors (Lipinski definition) is 2. The Labute approximate surface area is 122 Å². The van der Waals surface area contributed by atoms with E-state index in [1.165, 1.54) is 6.07 Å². The van der Waals surface area contributed by atoms with E-state index in [0.717, 1.165) is 0 Å². The Morgan fingerprint density at radius 2 is 2.00 bits per heavy atom. The van der Waals surface area contributed by atoms with Gasteiger partial charge in [0.25, 0.3) is 0 Å². The molecule has 6 heteroatoms. The van der Waals surface area contributed by atoms with Crippen LogP contribution in [0.2, 0.25) is 0 Å². The highest BCUT2D eigenvalue weighted by atomic mass is 35.5. The number of halogens is 2. The number of aliphatic carboxylic acids is 1. The highest BCUT2D eigenvalue weighted by Gasteiger charge is 2.08. The minimum absolute atomic E-state index is 0. The van der Waals surface area contributed by atoms with Gasteiger partial charge < -0.3 is 14.8 Å². The van der Waals surface area contributed by atoms with E-state index in [1.54, 1.807) is 30.3 Å². The van der Waals surface area contributed by atoms with E-state index in [4.69, 9.17) is 9.52 Å². The van der Waals surface area contributed by atoms with Crippen molar-refractivity contribution in [2.45, 2.75) is 13.0 Å². The van der Waals surface area contributed by atoms with Gasteiger partial charge in [-0.05, 0) is 24.3 Å². The van der Waals surface area contributed by atoms with Gasteiger partial charge in [0.15, 0.2) is 0 Å². The predicted octanol–water partition coefficient (Wildman–Crippen LogP) is 3.07. The van der Waals surface area contributed by atoms with Crippen LogP contribution in [0, 0.1) is 5.82 Å². The first-order valence-corrected chi connectivity index (χ1v) is 5.93. The fourth-order valence-corrected chi connectivity index (χ4v) is 1.69. The molecular formula is C14H15ClFNO3. The first kappa shape index (κ1) is 16.2. The molecule has 1 heterocycles. The summed E-state index contributed by atoms with van der Waals surface area (Å²) in [6.07, 6.45) is 0.0564. The van der Waals surface area contributed by atoms with Crippen molar-refractivity contribution in [3.63, 3.8) is 0 Å². The Balaban J connectivity index is 0.00000200. The second kappa shape index (κ2) is 7.67. The monoisotopic (exact) mass is 299 g/mol. The van der Waals surface area contributed by atoms with Gasteiger partial charge in [0, 0.05) is 6.54 Å². The van der Waals surface area contributed by atoms with Gasteiger partial charge in [0.05, 0.1) is 18.5 Å². The van der Waals surface area contributed by atoms with Crippen molar-refractivity contribution in [1.29, 1.82) is 0 Å². The van der Waals surface area contributed by atoms with Crippen LogP contribution in [0.5, 0.6) is 0 Å². The lowest BCUT2D eigenvalue weighted by Gasteiger charge is -2.01. The Morgan fingerprint density at radius 1 is 1.25 bits per heavy atom. The van der Waals surface area contributed by atoms with Crippen molar-refractivity contribution in [2.24, 2.45) is 0 Å². The van der Waals surface area contributed by atoms with Crippen LogP contribution in [-0.4, -0.2) is 17.6 Å². The van der Waals surface area contributed by atoms with Crippen LogP contribution in [0.3, 0.4) is 0 Å². The maximum Gasteiger partial charge on any atom is 0.304 e. The molecule has 2 aromatic rings. The third-order valence-corrected chi connectivity index (χ3v) is 2.62. The Bertz CT molecular complexity index is 571. The molecule has 2 rings (SSSR count). The maximum absolute atomic E-state index is 13.5. The van der Waals surface area contributed by atoms with Gasteiger partial charge >= 0.3 is 5.97 Å². The van der Waals surface area contributed by atoms with E-state index in [1.807, 2.05) is 0 Å². The zero-order valence-corrected chi connectivity index (χ0v) is 11.5. The number of hydrogen-bond acceptors (Lipinski definition) is 3. The topological polar surface area (TPSA) is 62.5 Å². The summed E-state index contributed by atoms with van der Waals surface area (Å²) in [5.41, 5.74) is 0.416. The molecule has 0 unspecified atom stereocenters. The Kier molecular flexibility index (Phi) is 6.21. The normalized spacial score (nSPS) is 10.1. The average Bonchev–Trinajstić information content (AvgIpc) is 2.83. The zero-order valence-electron chi connectivity index (χ0n) is 10.6. The molecule has 0 aliphatic heterocycles. The third-order valence-electron chi connectivity index (χ3n) is 2.62. The standard InChI is InChI=1S/C14H14FNO3.ClH/c15-12-4-2-1-3-11(12)13-6-5-10(19-13)9-16-8-7-14(17)18;/h1-6,16H,7-9H2,(H,17,18);1H. The van der Waals surface area contributed by atoms with Crippen molar-refractivity contribution in [3.05, 3.63) is 48.0 Å². The molecule has 4 nitrogen and oxygen atoms in total. The summed E-state index contributed by atoms with van der Waals surface area (Å²) in [6, 6.07) is 9.84. The molecule has 0 amide bonds. The number of nitrogens with one attached hydrogen (secondary N) is 1. The molecule has 0 atom stereocenters. The molecule has 0 aliphatic carbocycles. The van der Waals surface area contributed by atoms with Crippen molar-refractivity contribution < 1.29 is 18.7 Å².